The van der Waals surface area contributed by atoms with Gasteiger partial charge in [-0.25, -0.2) is 0 Å². The normalized spacial score (nSPS) is 18.2. The summed E-state index contributed by atoms with van der Waals surface area (Å²) in [5.74, 6) is -0.243. The number of benzene rings is 2. The average molecular weight is 568 g/mol. The zero-order chi connectivity index (χ0) is 26.2. The molecule has 1 fully saturated rings. The van der Waals surface area contributed by atoms with Crippen molar-refractivity contribution in [3.8, 4) is 11.5 Å². The molecular weight excluding hydrogens is 550 g/mol. The number of hydrogen-bond donors (Lipinski definition) is 1. The topological polar surface area (TPSA) is 115 Å². The lowest BCUT2D eigenvalue weighted by Crippen LogP contribution is -2.29. The van der Waals surface area contributed by atoms with Crippen LogP contribution in [0.1, 0.15) is 22.9 Å². The summed E-state index contributed by atoms with van der Waals surface area (Å²) in [6.07, 6.45) is 1.44. The first-order valence-electron chi connectivity index (χ1n) is 11.5. The van der Waals surface area contributed by atoms with Gasteiger partial charge in [0.2, 0.25) is 5.13 Å². The Labute approximate surface area is 229 Å². The summed E-state index contributed by atoms with van der Waals surface area (Å²) >= 11 is 8.83. The summed E-state index contributed by atoms with van der Waals surface area (Å²) in [5.41, 5.74) is 1.12. The molecule has 1 atom stereocenters. The molecule has 4 aromatic rings. The fourth-order valence-electron chi connectivity index (χ4n) is 4.21. The maximum absolute atomic E-state index is 13.3. The number of carbonyl (C=O) groups is 2. The van der Waals surface area contributed by atoms with Gasteiger partial charge in [0.25, 0.3) is 5.78 Å². The summed E-state index contributed by atoms with van der Waals surface area (Å²) in [6, 6.07) is 14.6. The van der Waals surface area contributed by atoms with Gasteiger partial charge in [0, 0.05) is 16.3 Å². The summed E-state index contributed by atoms with van der Waals surface area (Å²) in [6.45, 7) is 0.782. The largest absolute Gasteiger partial charge is 0.507 e. The number of rotatable bonds is 6. The number of amides is 1. The third kappa shape index (κ3) is 4.42. The van der Waals surface area contributed by atoms with Crippen molar-refractivity contribution in [2.75, 3.05) is 18.1 Å². The van der Waals surface area contributed by atoms with Crippen molar-refractivity contribution in [3.05, 3.63) is 88.3 Å². The maximum atomic E-state index is 13.3. The minimum atomic E-state index is -1.03. The molecule has 1 N–H and O–H groups in total. The highest BCUT2D eigenvalue weighted by atomic mass is 35.5. The Bertz CT molecular complexity index is 1570. The Morgan fingerprint density at radius 3 is 2.68 bits per heavy atom. The van der Waals surface area contributed by atoms with E-state index in [1.54, 1.807) is 30.3 Å². The Balaban J connectivity index is 1.36. The van der Waals surface area contributed by atoms with E-state index in [0.29, 0.717) is 51.2 Å². The summed E-state index contributed by atoms with van der Waals surface area (Å²) in [4.78, 5) is 27.8. The molecule has 2 aromatic carbocycles. The second kappa shape index (κ2) is 10.2. The van der Waals surface area contributed by atoms with Crippen molar-refractivity contribution in [3.63, 3.8) is 0 Å². The Hall–Kier alpha value is -3.80. The number of Topliss-reactive ketones (excluding diaryl/α,β-unsaturated/α-hetero) is 1. The van der Waals surface area contributed by atoms with Crippen LogP contribution >= 0.6 is 34.7 Å². The standard InChI is InChI=1S/C26H18ClN3O6S2/c27-16-5-2-1-4-15(16)13-37-26-29-28-25(38-26)30-21(18-6-3-9-34-18)20(23(32)24(30)33)22(31)14-7-8-17-19(12-14)36-11-10-35-17/h1-9,12,21,31H,10-11,13H2/b22-20+. The molecule has 0 spiro atoms. The molecule has 0 saturated carbocycles. The highest BCUT2D eigenvalue weighted by Gasteiger charge is 2.49. The number of aliphatic hydroxyl groups excluding tert-OH is 1. The SMILES string of the molecule is O=C1C(=O)N(c2nnc(SCc3ccccc3Cl)s2)C(c2ccco2)/C1=C(\O)c1ccc2c(c1)OCCO2. The molecular formula is C26H18ClN3O6S2. The zero-order valence-electron chi connectivity index (χ0n) is 19.5. The van der Waals surface area contributed by atoms with E-state index in [1.807, 2.05) is 24.3 Å². The molecule has 0 radical (unpaired) electrons. The number of fused-ring (bicyclic) bond motifs is 1. The number of furan rings is 1. The van der Waals surface area contributed by atoms with Crippen LogP contribution in [0.4, 0.5) is 5.13 Å². The monoisotopic (exact) mass is 567 g/mol. The molecule has 0 aliphatic carbocycles. The maximum Gasteiger partial charge on any atom is 0.302 e. The van der Waals surface area contributed by atoms with Crippen molar-refractivity contribution < 1.29 is 28.6 Å². The number of carbonyl (C=O) groups excluding carboxylic acids is 2. The van der Waals surface area contributed by atoms with Crippen molar-refractivity contribution >= 4 is 57.3 Å². The van der Waals surface area contributed by atoms with Crippen LogP contribution in [0.3, 0.4) is 0 Å². The van der Waals surface area contributed by atoms with E-state index in [9.17, 15) is 14.7 Å². The lowest BCUT2D eigenvalue weighted by Gasteiger charge is -2.21. The Kier molecular flexibility index (Phi) is 6.56. The highest BCUT2D eigenvalue weighted by Crippen LogP contribution is 2.45. The Morgan fingerprint density at radius 1 is 1.08 bits per heavy atom. The first-order chi connectivity index (χ1) is 18.5. The van der Waals surface area contributed by atoms with E-state index in [-0.39, 0.29) is 16.5 Å². The smallest absolute Gasteiger partial charge is 0.302 e. The zero-order valence-corrected chi connectivity index (χ0v) is 21.9. The van der Waals surface area contributed by atoms with Crippen LogP contribution in [0.25, 0.3) is 5.76 Å². The van der Waals surface area contributed by atoms with Gasteiger partial charge in [-0.1, -0.05) is 52.9 Å². The van der Waals surface area contributed by atoms with E-state index in [4.69, 9.17) is 25.5 Å². The van der Waals surface area contributed by atoms with Gasteiger partial charge in [-0.15, -0.1) is 10.2 Å². The molecule has 4 heterocycles. The molecule has 2 aliphatic heterocycles. The van der Waals surface area contributed by atoms with Crippen LogP contribution < -0.4 is 14.4 Å². The van der Waals surface area contributed by atoms with Crippen LogP contribution in [-0.2, 0) is 15.3 Å². The molecule has 38 heavy (non-hydrogen) atoms. The van der Waals surface area contributed by atoms with Crippen LogP contribution in [-0.4, -0.2) is 40.2 Å². The van der Waals surface area contributed by atoms with Gasteiger partial charge < -0.3 is 19.0 Å². The fraction of sp³-hybridized carbons (Fsp3) is 0.154. The average Bonchev–Trinajstić information content (AvgIpc) is 3.68. The Morgan fingerprint density at radius 2 is 1.89 bits per heavy atom. The van der Waals surface area contributed by atoms with Crippen LogP contribution in [0.5, 0.6) is 11.5 Å². The van der Waals surface area contributed by atoms with Crippen molar-refractivity contribution in [1.82, 2.24) is 10.2 Å². The lowest BCUT2D eigenvalue weighted by molar-refractivity contribution is -0.132. The third-order valence-electron chi connectivity index (χ3n) is 5.98. The van der Waals surface area contributed by atoms with E-state index >= 15 is 0 Å². The second-order valence-corrected chi connectivity index (χ2v) is 10.9. The number of ketones is 1. The lowest BCUT2D eigenvalue weighted by atomic mass is 9.99. The second-order valence-electron chi connectivity index (χ2n) is 8.27. The number of anilines is 1. The van der Waals surface area contributed by atoms with Gasteiger partial charge in [-0.2, -0.15) is 0 Å². The molecule has 192 valence electrons. The summed E-state index contributed by atoms with van der Waals surface area (Å²) in [5, 5.41) is 20.5. The van der Waals surface area contributed by atoms with E-state index in [2.05, 4.69) is 10.2 Å². The number of aliphatic hydroxyl groups is 1. The molecule has 2 aromatic heterocycles. The summed E-state index contributed by atoms with van der Waals surface area (Å²) in [7, 11) is 0. The number of halogens is 1. The molecule has 6 rings (SSSR count). The van der Waals surface area contributed by atoms with Gasteiger partial charge >= 0.3 is 5.91 Å². The van der Waals surface area contributed by atoms with E-state index in [1.165, 1.54) is 22.9 Å². The minimum Gasteiger partial charge on any atom is -0.507 e. The third-order valence-corrected chi connectivity index (χ3v) is 8.46. The number of thioether (sulfide) groups is 1. The summed E-state index contributed by atoms with van der Waals surface area (Å²) < 4.78 is 17.3. The highest BCUT2D eigenvalue weighted by molar-refractivity contribution is 8.00. The van der Waals surface area contributed by atoms with Gasteiger partial charge in [-0.05, 0) is 42.0 Å². The van der Waals surface area contributed by atoms with Gasteiger partial charge in [0.15, 0.2) is 15.8 Å². The molecule has 0 bridgehead atoms. The quantitative estimate of drug-likeness (QED) is 0.106. The predicted octanol–water partition coefficient (Wildman–Crippen LogP) is 5.47. The molecule has 12 heteroatoms. The van der Waals surface area contributed by atoms with Crippen molar-refractivity contribution in [2.45, 2.75) is 16.1 Å². The van der Waals surface area contributed by atoms with E-state index < -0.39 is 17.7 Å². The van der Waals surface area contributed by atoms with Gasteiger partial charge in [0.05, 0.1) is 11.8 Å². The molecule has 1 saturated heterocycles. The number of hydrogen-bond acceptors (Lipinski definition) is 10. The van der Waals surface area contributed by atoms with Gasteiger partial charge in [-0.3, -0.25) is 14.5 Å². The van der Waals surface area contributed by atoms with Gasteiger partial charge in [0.1, 0.15) is 30.8 Å². The first-order valence-corrected chi connectivity index (χ1v) is 13.6. The number of aromatic nitrogens is 2. The predicted molar refractivity (Wildman–Crippen MR) is 142 cm³/mol. The molecule has 9 nitrogen and oxygen atoms in total. The first kappa shape index (κ1) is 24.5. The van der Waals surface area contributed by atoms with Crippen molar-refractivity contribution in [2.24, 2.45) is 0 Å². The number of nitrogens with zero attached hydrogens (tertiary/aromatic N) is 3. The minimum absolute atomic E-state index is 0.123. The van der Waals surface area contributed by atoms with E-state index in [0.717, 1.165) is 16.9 Å². The van der Waals surface area contributed by atoms with Crippen LogP contribution in [0, 0.1) is 0 Å². The molecule has 1 amide bonds. The van der Waals surface area contributed by atoms with Crippen LogP contribution in [0.15, 0.2) is 75.2 Å². The molecule has 1 unspecified atom stereocenters. The molecule has 2 aliphatic rings. The number of ether oxygens (including phenoxy) is 2. The van der Waals surface area contributed by atoms with Crippen LogP contribution in [0.2, 0.25) is 5.02 Å². The fourth-order valence-corrected chi connectivity index (χ4v) is 6.36. The van der Waals surface area contributed by atoms with Crippen molar-refractivity contribution in [1.29, 1.82) is 0 Å².